The van der Waals surface area contributed by atoms with Gasteiger partial charge in [-0.1, -0.05) is 0 Å². The summed E-state index contributed by atoms with van der Waals surface area (Å²) < 4.78 is 15.7. The molecule has 0 fully saturated rings. The molecule has 2 N–H and O–H groups in total. The number of hydrogen-bond acceptors (Lipinski definition) is 3. The maximum atomic E-state index is 14.0. The molecule has 2 aliphatic heterocycles. The van der Waals surface area contributed by atoms with Crippen molar-refractivity contribution in [1.29, 1.82) is 0 Å². The minimum Gasteiger partial charge on any atom is -0.389 e. The van der Waals surface area contributed by atoms with Crippen LogP contribution in [0, 0.1) is 0 Å². The van der Waals surface area contributed by atoms with Crippen molar-refractivity contribution in [3.63, 3.8) is 0 Å². The molecule has 0 spiro atoms. The molecule has 0 bridgehead atoms. The highest BCUT2D eigenvalue weighted by molar-refractivity contribution is 5.61. The van der Waals surface area contributed by atoms with Gasteiger partial charge in [0.05, 0.1) is 11.8 Å². The lowest BCUT2D eigenvalue weighted by Gasteiger charge is -2.19. The maximum absolute atomic E-state index is 14.0. The minimum atomic E-state index is -0.706. The number of hydrogen-bond donors (Lipinski definition) is 2. The van der Waals surface area contributed by atoms with Gasteiger partial charge in [0.2, 0.25) is 0 Å². The first-order valence-corrected chi connectivity index (χ1v) is 6.03. The number of nitrogens with one attached hydrogen (secondary N) is 1. The SMILES string of the molecule is C[C@@H]1Cc2nn3c(c2CN1)C(F)=CC(O)CC3. The Morgan fingerprint density at radius 2 is 2.41 bits per heavy atom. The summed E-state index contributed by atoms with van der Waals surface area (Å²) >= 11 is 0. The fraction of sp³-hybridized carbons (Fsp3) is 0.583. The van der Waals surface area contributed by atoms with E-state index in [1.54, 1.807) is 4.68 Å². The third kappa shape index (κ3) is 1.79. The van der Waals surface area contributed by atoms with Gasteiger partial charge in [-0.3, -0.25) is 4.68 Å². The van der Waals surface area contributed by atoms with Crippen LogP contribution in [0.15, 0.2) is 6.08 Å². The van der Waals surface area contributed by atoms with Crippen LogP contribution in [0.3, 0.4) is 0 Å². The Bertz CT molecular complexity index is 480. The summed E-state index contributed by atoms with van der Waals surface area (Å²) in [7, 11) is 0. The average molecular weight is 237 g/mol. The van der Waals surface area contributed by atoms with E-state index in [-0.39, 0.29) is 5.83 Å². The molecule has 1 aromatic rings. The number of halogens is 1. The molecule has 0 saturated carbocycles. The number of rotatable bonds is 0. The van der Waals surface area contributed by atoms with Crippen LogP contribution >= 0.6 is 0 Å². The number of aromatic nitrogens is 2. The predicted molar refractivity (Wildman–Crippen MR) is 61.9 cm³/mol. The second-order valence-corrected chi connectivity index (χ2v) is 4.85. The molecule has 5 heteroatoms. The first-order valence-electron chi connectivity index (χ1n) is 6.03. The van der Waals surface area contributed by atoms with E-state index >= 15 is 0 Å². The number of fused-ring (bicyclic) bond motifs is 3. The van der Waals surface area contributed by atoms with Crippen molar-refractivity contribution in [3.8, 4) is 0 Å². The Labute approximate surface area is 99.1 Å². The summed E-state index contributed by atoms with van der Waals surface area (Å²) in [6.07, 6.45) is 1.94. The van der Waals surface area contributed by atoms with Gasteiger partial charge in [0, 0.05) is 31.1 Å². The fourth-order valence-corrected chi connectivity index (χ4v) is 2.55. The van der Waals surface area contributed by atoms with Crippen molar-refractivity contribution in [3.05, 3.63) is 23.0 Å². The van der Waals surface area contributed by atoms with E-state index in [1.807, 2.05) is 0 Å². The van der Waals surface area contributed by atoms with Crippen LogP contribution in [-0.4, -0.2) is 27.0 Å². The van der Waals surface area contributed by atoms with Crippen LogP contribution in [0.4, 0.5) is 4.39 Å². The lowest BCUT2D eigenvalue weighted by molar-refractivity contribution is 0.205. The van der Waals surface area contributed by atoms with Gasteiger partial charge in [0.1, 0.15) is 11.5 Å². The Kier molecular flexibility index (Phi) is 2.52. The highest BCUT2D eigenvalue weighted by Crippen LogP contribution is 2.29. The monoisotopic (exact) mass is 237 g/mol. The van der Waals surface area contributed by atoms with Crippen molar-refractivity contribution in [2.75, 3.05) is 0 Å². The molecule has 92 valence electrons. The number of nitrogens with zero attached hydrogens (tertiary/aromatic N) is 2. The molecule has 0 aliphatic carbocycles. The van der Waals surface area contributed by atoms with Crippen LogP contribution in [0.1, 0.15) is 30.3 Å². The smallest absolute Gasteiger partial charge is 0.147 e. The van der Waals surface area contributed by atoms with Gasteiger partial charge >= 0.3 is 0 Å². The molecule has 1 unspecified atom stereocenters. The zero-order valence-electron chi connectivity index (χ0n) is 9.78. The minimum absolute atomic E-state index is 0.347. The van der Waals surface area contributed by atoms with Gasteiger partial charge < -0.3 is 10.4 Å². The van der Waals surface area contributed by atoms with Crippen LogP contribution in [0.25, 0.3) is 5.83 Å². The van der Waals surface area contributed by atoms with Crippen molar-refractivity contribution in [1.82, 2.24) is 15.1 Å². The van der Waals surface area contributed by atoms with E-state index in [0.29, 0.717) is 31.2 Å². The molecule has 0 amide bonds. The quantitative estimate of drug-likeness (QED) is 0.707. The summed E-state index contributed by atoms with van der Waals surface area (Å²) in [5, 5.41) is 17.3. The summed E-state index contributed by atoms with van der Waals surface area (Å²) in [4.78, 5) is 0. The van der Waals surface area contributed by atoms with Crippen molar-refractivity contribution < 1.29 is 9.50 Å². The van der Waals surface area contributed by atoms with Crippen molar-refractivity contribution in [2.45, 2.75) is 45.0 Å². The molecule has 3 heterocycles. The van der Waals surface area contributed by atoms with Crippen LogP contribution < -0.4 is 5.32 Å². The average Bonchev–Trinajstić information content (AvgIpc) is 2.56. The maximum Gasteiger partial charge on any atom is 0.147 e. The first kappa shape index (κ1) is 10.9. The molecule has 4 nitrogen and oxygen atoms in total. The van der Waals surface area contributed by atoms with Crippen LogP contribution in [-0.2, 0) is 19.5 Å². The van der Waals surface area contributed by atoms with Crippen molar-refractivity contribution >= 4 is 5.83 Å². The molecule has 17 heavy (non-hydrogen) atoms. The zero-order chi connectivity index (χ0) is 12.0. The highest BCUT2D eigenvalue weighted by atomic mass is 19.1. The molecular formula is C12H16FN3O. The van der Waals surface area contributed by atoms with E-state index in [2.05, 4.69) is 17.3 Å². The van der Waals surface area contributed by atoms with E-state index in [4.69, 9.17) is 0 Å². The van der Waals surface area contributed by atoms with Gasteiger partial charge in [-0.25, -0.2) is 4.39 Å². The van der Waals surface area contributed by atoms with Crippen molar-refractivity contribution in [2.24, 2.45) is 0 Å². The number of aliphatic hydroxyl groups is 1. The highest BCUT2D eigenvalue weighted by Gasteiger charge is 2.27. The number of aryl methyl sites for hydroxylation is 1. The van der Waals surface area contributed by atoms with Crippen LogP contribution in [0.5, 0.6) is 0 Å². The summed E-state index contributed by atoms with van der Waals surface area (Å²) in [5.41, 5.74) is 2.49. The second-order valence-electron chi connectivity index (χ2n) is 4.85. The second kappa shape index (κ2) is 3.92. The largest absolute Gasteiger partial charge is 0.389 e. The van der Waals surface area contributed by atoms with Crippen LogP contribution in [0.2, 0.25) is 0 Å². The fourth-order valence-electron chi connectivity index (χ4n) is 2.55. The molecular weight excluding hydrogens is 221 g/mol. The Morgan fingerprint density at radius 3 is 3.24 bits per heavy atom. The molecule has 3 rings (SSSR count). The summed E-state index contributed by atoms with van der Waals surface area (Å²) in [6.45, 7) is 3.33. The third-order valence-corrected chi connectivity index (χ3v) is 3.46. The van der Waals surface area contributed by atoms with E-state index in [1.165, 1.54) is 6.08 Å². The van der Waals surface area contributed by atoms with Gasteiger partial charge in [0.25, 0.3) is 0 Å². The normalized spacial score (nSPS) is 28.1. The van der Waals surface area contributed by atoms with Gasteiger partial charge in [-0.15, -0.1) is 0 Å². The van der Waals surface area contributed by atoms with Gasteiger partial charge in [-0.2, -0.15) is 5.10 Å². The van der Waals surface area contributed by atoms with E-state index in [0.717, 1.165) is 17.7 Å². The topological polar surface area (TPSA) is 50.1 Å². The number of aliphatic hydroxyl groups excluding tert-OH is 1. The first-order chi connectivity index (χ1) is 8.15. The van der Waals surface area contributed by atoms with Gasteiger partial charge in [-0.05, 0) is 19.4 Å². The van der Waals surface area contributed by atoms with Gasteiger partial charge in [0.15, 0.2) is 0 Å². The molecule has 0 radical (unpaired) electrons. The lowest BCUT2D eigenvalue weighted by Crippen LogP contribution is -2.32. The Hall–Kier alpha value is -1.20. The predicted octanol–water partition coefficient (Wildman–Crippen LogP) is 0.992. The zero-order valence-corrected chi connectivity index (χ0v) is 9.78. The summed E-state index contributed by atoms with van der Waals surface area (Å²) in [5.74, 6) is -0.347. The molecule has 0 saturated heterocycles. The summed E-state index contributed by atoms with van der Waals surface area (Å²) in [6, 6.07) is 0.388. The Morgan fingerprint density at radius 1 is 1.59 bits per heavy atom. The third-order valence-electron chi connectivity index (χ3n) is 3.46. The van der Waals surface area contributed by atoms with E-state index < -0.39 is 6.10 Å². The Balaban J connectivity index is 2.09. The molecule has 0 aromatic carbocycles. The molecule has 2 aliphatic rings. The van der Waals surface area contributed by atoms with E-state index in [9.17, 15) is 9.50 Å². The molecule has 2 atom stereocenters. The standard InChI is InChI=1S/C12H16FN3O/c1-7-4-11-9(6-14-7)12-10(13)5-8(17)2-3-16(12)15-11/h5,7-8,14,17H,2-4,6H2,1H3/t7-,8?/m1/s1. The molecule has 1 aromatic heterocycles. The lowest BCUT2D eigenvalue weighted by atomic mass is 10.0.